The second kappa shape index (κ2) is 7.40. The highest BCUT2D eigenvalue weighted by molar-refractivity contribution is 5.89. The molecule has 0 bridgehead atoms. The van der Waals surface area contributed by atoms with Crippen LogP contribution in [0.4, 0.5) is 0 Å². The van der Waals surface area contributed by atoms with E-state index in [-0.39, 0.29) is 11.8 Å². The lowest BCUT2D eigenvalue weighted by Crippen LogP contribution is -2.27. The molecule has 0 saturated carbocycles. The van der Waals surface area contributed by atoms with Gasteiger partial charge in [0.25, 0.3) is 0 Å². The Balaban J connectivity index is 1.57. The number of benzene rings is 1. The summed E-state index contributed by atoms with van der Waals surface area (Å²) < 4.78 is 4.77. The Morgan fingerprint density at radius 2 is 2.05 bits per heavy atom. The number of carbonyl (C=O) groups excluding carboxylic acids is 1. The van der Waals surface area contributed by atoms with Crippen molar-refractivity contribution in [2.24, 2.45) is 0 Å². The van der Waals surface area contributed by atoms with Gasteiger partial charge in [-0.2, -0.15) is 4.98 Å². The van der Waals surface area contributed by atoms with Gasteiger partial charge >= 0.3 is 11.8 Å². The molecule has 106 valence electrons. The number of hydrogen-bond donors (Lipinski definition) is 2. The molecule has 0 unspecified atom stereocenters. The summed E-state index contributed by atoms with van der Waals surface area (Å²) in [5, 5.41) is 9.62. The number of amides is 1. The minimum atomic E-state index is -0.325. The van der Waals surface area contributed by atoms with Crippen LogP contribution in [-0.2, 0) is 6.54 Å². The third kappa shape index (κ3) is 4.47. The normalized spacial score (nSPS) is 10.4. The van der Waals surface area contributed by atoms with Crippen LogP contribution >= 0.6 is 0 Å². The lowest BCUT2D eigenvalue weighted by molar-refractivity contribution is 0.0909. The van der Waals surface area contributed by atoms with Gasteiger partial charge in [-0.15, -0.1) is 0 Å². The minimum absolute atomic E-state index is 0.0137. The summed E-state index contributed by atoms with van der Waals surface area (Å²) in [5.41, 5.74) is 1.25. The van der Waals surface area contributed by atoms with E-state index in [1.165, 1.54) is 5.56 Å². The third-order valence-electron chi connectivity index (χ3n) is 2.71. The van der Waals surface area contributed by atoms with Gasteiger partial charge in [0.15, 0.2) is 5.82 Å². The highest BCUT2D eigenvalue weighted by Crippen LogP contribution is 1.97. The Morgan fingerprint density at radius 1 is 1.25 bits per heavy atom. The zero-order valence-electron chi connectivity index (χ0n) is 11.4. The Labute approximate surface area is 117 Å². The Bertz CT molecular complexity index is 539. The van der Waals surface area contributed by atoms with Gasteiger partial charge in [-0.05, 0) is 25.5 Å². The second-order valence-corrected chi connectivity index (χ2v) is 4.42. The molecule has 0 aliphatic carbocycles. The maximum Gasteiger partial charge on any atom is 0.315 e. The number of carbonyl (C=O) groups is 1. The van der Waals surface area contributed by atoms with Crippen LogP contribution in [0.15, 0.2) is 34.9 Å². The molecule has 1 heterocycles. The molecule has 1 aromatic heterocycles. The van der Waals surface area contributed by atoms with Gasteiger partial charge in [-0.25, -0.2) is 0 Å². The van der Waals surface area contributed by atoms with Crippen LogP contribution in [0.3, 0.4) is 0 Å². The second-order valence-electron chi connectivity index (χ2n) is 4.42. The molecule has 0 aliphatic rings. The molecule has 20 heavy (non-hydrogen) atoms. The summed E-state index contributed by atoms with van der Waals surface area (Å²) in [4.78, 5) is 15.4. The van der Waals surface area contributed by atoms with Crippen molar-refractivity contribution in [3.8, 4) is 0 Å². The maximum atomic E-state index is 11.6. The summed E-state index contributed by atoms with van der Waals surface area (Å²) >= 11 is 0. The molecule has 6 nitrogen and oxygen atoms in total. The zero-order chi connectivity index (χ0) is 14.2. The first kappa shape index (κ1) is 14.2. The molecule has 0 fully saturated rings. The number of aromatic nitrogens is 2. The molecule has 0 saturated heterocycles. The first-order valence-electron chi connectivity index (χ1n) is 6.59. The quantitative estimate of drug-likeness (QED) is 0.744. The van der Waals surface area contributed by atoms with E-state index in [0.29, 0.717) is 12.4 Å². The Hall–Kier alpha value is -2.21. The molecular formula is C14H18N4O2. The van der Waals surface area contributed by atoms with E-state index in [0.717, 1.165) is 19.5 Å². The number of nitrogens with one attached hydrogen (secondary N) is 2. The smallest absolute Gasteiger partial charge is 0.315 e. The van der Waals surface area contributed by atoms with Crippen molar-refractivity contribution in [2.75, 3.05) is 13.1 Å². The SMILES string of the molecule is Cc1noc(C(=O)NCCCNCc2ccccc2)n1. The van der Waals surface area contributed by atoms with E-state index >= 15 is 0 Å². The monoisotopic (exact) mass is 274 g/mol. The Morgan fingerprint density at radius 3 is 2.75 bits per heavy atom. The van der Waals surface area contributed by atoms with Crippen LogP contribution in [0.2, 0.25) is 0 Å². The number of nitrogens with zero attached hydrogens (tertiary/aromatic N) is 2. The molecule has 1 aromatic carbocycles. The minimum Gasteiger partial charge on any atom is -0.348 e. The van der Waals surface area contributed by atoms with Gasteiger partial charge in [0.05, 0.1) is 0 Å². The summed E-state index contributed by atoms with van der Waals surface area (Å²) in [7, 11) is 0. The van der Waals surface area contributed by atoms with Crippen molar-refractivity contribution in [1.82, 2.24) is 20.8 Å². The fraction of sp³-hybridized carbons (Fsp3) is 0.357. The van der Waals surface area contributed by atoms with Crippen LogP contribution in [0.1, 0.15) is 28.5 Å². The molecule has 0 spiro atoms. The van der Waals surface area contributed by atoms with Crippen molar-refractivity contribution in [2.45, 2.75) is 19.9 Å². The molecule has 2 aromatic rings. The molecule has 6 heteroatoms. The first-order chi connectivity index (χ1) is 9.75. The zero-order valence-corrected chi connectivity index (χ0v) is 11.4. The van der Waals surface area contributed by atoms with E-state index in [2.05, 4.69) is 32.9 Å². The predicted molar refractivity (Wildman–Crippen MR) is 74.1 cm³/mol. The average Bonchev–Trinajstić information content (AvgIpc) is 2.90. The lowest BCUT2D eigenvalue weighted by atomic mass is 10.2. The predicted octanol–water partition coefficient (Wildman–Crippen LogP) is 1.29. The average molecular weight is 274 g/mol. The molecule has 2 N–H and O–H groups in total. The van der Waals surface area contributed by atoms with Gasteiger partial charge in [-0.3, -0.25) is 4.79 Å². The molecule has 0 radical (unpaired) electrons. The molecule has 1 amide bonds. The third-order valence-corrected chi connectivity index (χ3v) is 2.71. The maximum absolute atomic E-state index is 11.6. The summed E-state index contributed by atoms with van der Waals surface area (Å²) in [6.45, 7) is 3.91. The summed E-state index contributed by atoms with van der Waals surface area (Å²) in [5.74, 6) is 0.146. The fourth-order valence-corrected chi connectivity index (χ4v) is 1.71. The number of aryl methyl sites for hydroxylation is 1. The van der Waals surface area contributed by atoms with Gasteiger partial charge in [0, 0.05) is 13.1 Å². The van der Waals surface area contributed by atoms with Crippen LogP contribution in [-0.4, -0.2) is 29.1 Å². The van der Waals surface area contributed by atoms with E-state index in [1.807, 2.05) is 18.2 Å². The summed E-state index contributed by atoms with van der Waals surface area (Å²) in [6.07, 6.45) is 0.839. The Kier molecular flexibility index (Phi) is 5.25. The summed E-state index contributed by atoms with van der Waals surface area (Å²) in [6, 6.07) is 10.2. The van der Waals surface area contributed by atoms with Crippen molar-refractivity contribution in [3.05, 3.63) is 47.6 Å². The van der Waals surface area contributed by atoms with Crippen LogP contribution in [0, 0.1) is 6.92 Å². The molecular weight excluding hydrogens is 256 g/mol. The number of rotatable bonds is 7. The highest BCUT2D eigenvalue weighted by atomic mass is 16.5. The van der Waals surface area contributed by atoms with Crippen molar-refractivity contribution in [1.29, 1.82) is 0 Å². The standard InChI is InChI=1S/C14H18N4O2/c1-11-17-14(20-18-11)13(19)16-9-5-8-15-10-12-6-3-2-4-7-12/h2-4,6-7,15H,5,8-10H2,1H3,(H,16,19). The number of hydrogen-bond acceptors (Lipinski definition) is 5. The van der Waals surface area contributed by atoms with Gasteiger partial charge in [-0.1, -0.05) is 35.5 Å². The van der Waals surface area contributed by atoms with Crippen LogP contribution in [0.5, 0.6) is 0 Å². The molecule has 2 rings (SSSR count). The molecule has 0 atom stereocenters. The van der Waals surface area contributed by atoms with Crippen molar-refractivity contribution >= 4 is 5.91 Å². The first-order valence-corrected chi connectivity index (χ1v) is 6.59. The largest absolute Gasteiger partial charge is 0.348 e. The van der Waals surface area contributed by atoms with Crippen LogP contribution in [0.25, 0.3) is 0 Å². The topological polar surface area (TPSA) is 80.0 Å². The van der Waals surface area contributed by atoms with Gasteiger partial charge in [0.2, 0.25) is 0 Å². The van der Waals surface area contributed by atoms with E-state index in [4.69, 9.17) is 4.52 Å². The fourth-order valence-electron chi connectivity index (χ4n) is 1.71. The van der Waals surface area contributed by atoms with Crippen LogP contribution < -0.4 is 10.6 Å². The van der Waals surface area contributed by atoms with Gasteiger partial charge in [0.1, 0.15) is 0 Å². The van der Waals surface area contributed by atoms with E-state index < -0.39 is 0 Å². The van der Waals surface area contributed by atoms with Gasteiger partial charge < -0.3 is 15.2 Å². The van der Waals surface area contributed by atoms with Crippen molar-refractivity contribution < 1.29 is 9.32 Å². The molecule has 0 aliphatic heterocycles. The van der Waals surface area contributed by atoms with Crippen molar-refractivity contribution in [3.63, 3.8) is 0 Å². The van der Waals surface area contributed by atoms with E-state index in [9.17, 15) is 4.79 Å². The highest BCUT2D eigenvalue weighted by Gasteiger charge is 2.12. The lowest BCUT2D eigenvalue weighted by Gasteiger charge is -2.05. The van der Waals surface area contributed by atoms with E-state index in [1.54, 1.807) is 6.92 Å².